The molecule has 0 atom stereocenters. The molecule has 23 heavy (non-hydrogen) atoms. The van der Waals surface area contributed by atoms with Crippen molar-refractivity contribution in [1.29, 1.82) is 0 Å². The zero-order valence-electron chi connectivity index (χ0n) is 13.7. The lowest BCUT2D eigenvalue weighted by Gasteiger charge is -2.37. The van der Waals surface area contributed by atoms with Crippen molar-refractivity contribution in [2.75, 3.05) is 32.1 Å². The van der Waals surface area contributed by atoms with E-state index in [1.165, 1.54) is 0 Å². The number of pyridine rings is 1. The van der Waals surface area contributed by atoms with E-state index in [4.69, 9.17) is 11.6 Å². The van der Waals surface area contributed by atoms with E-state index >= 15 is 0 Å². The van der Waals surface area contributed by atoms with Crippen molar-refractivity contribution in [3.8, 4) is 0 Å². The van der Waals surface area contributed by atoms with Gasteiger partial charge in [-0.1, -0.05) is 6.07 Å². The summed E-state index contributed by atoms with van der Waals surface area (Å²) >= 11 is 5.91. The minimum Gasteiger partial charge on any atom is -0.340 e. The minimum absolute atomic E-state index is 0.153. The topological polar surface area (TPSA) is 40.9 Å². The first kappa shape index (κ1) is 16.3. The van der Waals surface area contributed by atoms with Crippen LogP contribution in [0.2, 0.25) is 0 Å². The van der Waals surface area contributed by atoms with Crippen molar-refractivity contribution in [1.82, 2.24) is 19.4 Å². The molecule has 1 saturated heterocycles. The van der Waals surface area contributed by atoms with E-state index in [-0.39, 0.29) is 5.91 Å². The van der Waals surface area contributed by atoms with Crippen LogP contribution in [0.5, 0.6) is 0 Å². The molecule has 0 unspecified atom stereocenters. The summed E-state index contributed by atoms with van der Waals surface area (Å²) in [4.78, 5) is 16.7. The summed E-state index contributed by atoms with van der Waals surface area (Å²) in [6, 6.07) is 8.17. The van der Waals surface area contributed by atoms with Gasteiger partial charge in [0.1, 0.15) is 0 Å². The van der Waals surface area contributed by atoms with Crippen LogP contribution in [0.25, 0.3) is 5.52 Å². The van der Waals surface area contributed by atoms with Crippen LogP contribution in [0.4, 0.5) is 0 Å². The van der Waals surface area contributed by atoms with E-state index in [2.05, 4.69) is 22.1 Å². The van der Waals surface area contributed by atoms with Gasteiger partial charge < -0.3 is 4.90 Å². The van der Waals surface area contributed by atoms with Gasteiger partial charge in [-0.2, -0.15) is 5.10 Å². The van der Waals surface area contributed by atoms with Gasteiger partial charge in [-0.05, 0) is 32.0 Å². The van der Waals surface area contributed by atoms with Gasteiger partial charge in [-0.15, -0.1) is 11.6 Å². The van der Waals surface area contributed by atoms with Gasteiger partial charge in [-0.25, -0.2) is 4.52 Å². The van der Waals surface area contributed by atoms with Crippen molar-refractivity contribution >= 4 is 23.0 Å². The summed E-state index contributed by atoms with van der Waals surface area (Å²) in [5.41, 5.74) is 1.70. The molecule has 0 N–H and O–H groups in total. The standard InChI is InChI=1S/C17H23ClN4O/c1-17(2,13-18)16(23)21-9-7-20(8-10-21)12-14-11-15-5-3-4-6-22(15)19-14/h3-6,11H,7-10,12-13H2,1-2H3. The normalized spacial score (nSPS) is 16.9. The molecule has 5 nitrogen and oxygen atoms in total. The summed E-state index contributed by atoms with van der Waals surface area (Å²) in [5.74, 6) is 0.507. The molecule has 124 valence electrons. The predicted octanol–water partition coefficient (Wildman–Crippen LogP) is 2.24. The molecular weight excluding hydrogens is 312 g/mol. The van der Waals surface area contributed by atoms with E-state index in [9.17, 15) is 4.79 Å². The highest BCUT2D eigenvalue weighted by molar-refractivity contribution is 6.19. The molecule has 6 heteroatoms. The van der Waals surface area contributed by atoms with Crippen LogP contribution in [-0.4, -0.2) is 57.4 Å². The Labute approximate surface area is 141 Å². The molecule has 0 spiro atoms. The minimum atomic E-state index is -0.481. The SMILES string of the molecule is CC(C)(CCl)C(=O)N1CCN(Cc2cc3ccccn3n2)CC1. The molecule has 1 aliphatic rings. The Hall–Kier alpha value is -1.59. The lowest BCUT2D eigenvalue weighted by molar-refractivity contribution is -0.141. The summed E-state index contributed by atoms with van der Waals surface area (Å²) in [6.45, 7) is 7.90. The maximum Gasteiger partial charge on any atom is 0.229 e. The fourth-order valence-electron chi connectivity index (χ4n) is 2.89. The average molecular weight is 335 g/mol. The number of halogens is 1. The molecule has 2 aromatic rings. The number of alkyl halides is 1. The van der Waals surface area contributed by atoms with Crippen LogP contribution >= 0.6 is 11.6 Å². The fourth-order valence-corrected chi connectivity index (χ4v) is 3.01. The summed E-state index contributed by atoms with van der Waals surface area (Å²) in [5, 5.41) is 4.59. The van der Waals surface area contributed by atoms with Gasteiger partial charge in [-0.3, -0.25) is 9.69 Å². The Kier molecular flexibility index (Phi) is 4.60. The summed E-state index contributed by atoms with van der Waals surface area (Å²) < 4.78 is 1.90. The smallest absolute Gasteiger partial charge is 0.229 e. The highest BCUT2D eigenvalue weighted by atomic mass is 35.5. The van der Waals surface area contributed by atoms with Crippen LogP contribution in [-0.2, 0) is 11.3 Å². The van der Waals surface area contributed by atoms with E-state index in [1.807, 2.05) is 41.6 Å². The summed E-state index contributed by atoms with van der Waals surface area (Å²) in [6.07, 6.45) is 1.96. The van der Waals surface area contributed by atoms with E-state index in [1.54, 1.807) is 0 Å². The fraction of sp³-hybridized carbons (Fsp3) is 0.529. The lowest BCUT2D eigenvalue weighted by Crippen LogP contribution is -2.52. The van der Waals surface area contributed by atoms with Crippen LogP contribution < -0.4 is 0 Å². The molecule has 3 heterocycles. The van der Waals surface area contributed by atoms with Gasteiger partial charge in [0.2, 0.25) is 5.91 Å². The Morgan fingerprint density at radius 1 is 1.26 bits per heavy atom. The zero-order chi connectivity index (χ0) is 16.4. The Morgan fingerprint density at radius 3 is 2.65 bits per heavy atom. The number of piperazine rings is 1. The van der Waals surface area contributed by atoms with Gasteiger partial charge in [0.05, 0.1) is 16.6 Å². The van der Waals surface area contributed by atoms with Gasteiger partial charge in [0, 0.05) is 44.8 Å². The highest BCUT2D eigenvalue weighted by Gasteiger charge is 2.32. The number of rotatable bonds is 4. The first-order valence-corrected chi connectivity index (χ1v) is 8.54. The number of hydrogen-bond donors (Lipinski definition) is 0. The zero-order valence-corrected chi connectivity index (χ0v) is 14.5. The lowest BCUT2D eigenvalue weighted by atomic mass is 9.94. The van der Waals surface area contributed by atoms with Gasteiger partial charge >= 0.3 is 0 Å². The van der Waals surface area contributed by atoms with E-state index in [0.29, 0.717) is 5.88 Å². The average Bonchev–Trinajstić information content (AvgIpc) is 2.97. The third-order valence-electron chi connectivity index (χ3n) is 4.38. The molecule has 3 rings (SSSR count). The second-order valence-electron chi connectivity index (χ2n) is 6.79. The number of carbonyl (C=O) groups is 1. The van der Waals surface area contributed by atoms with Crippen LogP contribution in [0, 0.1) is 5.41 Å². The largest absolute Gasteiger partial charge is 0.340 e. The highest BCUT2D eigenvalue weighted by Crippen LogP contribution is 2.22. The van der Waals surface area contributed by atoms with Crippen LogP contribution in [0.3, 0.4) is 0 Å². The molecule has 0 aliphatic carbocycles. The van der Waals surface area contributed by atoms with Crippen molar-refractivity contribution in [3.05, 3.63) is 36.2 Å². The molecule has 1 fully saturated rings. The number of fused-ring (bicyclic) bond motifs is 1. The third kappa shape index (κ3) is 3.51. The monoisotopic (exact) mass is 334 g/mol. The molecule has 0 saturated carbocycles. The maximum absolute atomic E-state index is 12.4. The number of carbonyl (C=O) groups excluding carboxylic acids is 1. The first-order chi connectivity index (χ1) is 11.0. The molecular formula is C17H23ClN4O. The van der Waals surface area contributed by atoms with Crippen LogP contribution in [0.15, 0.2) is 30.5 Å². The first-order valence-electron chi connectivity index (χ1n) is 8.00. The van der Waals surface area contributed by atoms with E-state index < -0.39 is 5.41 Å². The maximum atomic E-state index is 12.4. The number of aromatic nitrogens is 2. The molecule has 0 bridgehead atoms. The quantitative estimate of drug-likeness (QED) is 0.805. The van der Waals surface area contributed by atoms with E-state index in [0.717, 1.165) is 43.9 Å². The van der Waals surface area contributed by atoms with Crippen molar-refractivity contribution in [2.45, 2.75) is 20.4 Å². The molecule has 1 amide bonds. The number of hydrogen-bond acceptors (Lipinski definition) is 3. The molecule has 0 aromatic carbocycles. The van der Waals surface area contributed by atoms with Crippen LogP contribution in [0.1, 0.15) is 19.5 Å². The van der Waals surface area contributed by atoms with Crippen molar-refractivity contribution in [3.63, 3.8) is 0 Å². The number of amides is 1. The Balaban J connectivity index is 1.58. The Bertz CT molecular complexity index is 656. The number of nitrogens with zero attached hydrogens (tertiary/aromatic N) is 4. The summed E-state index contributed by atoms with van der Waals surface area (Å²) in [7, 11) is 0. The molecule has 1 aliphatic heterocycles. The second kappa shape index (κ2) is 6.49. The Morgan fingerprint density at radius 2 is 2.00 bits per heavy atom. The molecule has 0 radical (unpaired) electrons. The second-order valence-corrected chi connectivity index (χ2v) is 7.06. The van der Waals surface area contributed by atoms with Gasteiger partial charge in [0.15, 0.2) is 0 Å². The predicted molar refractivity (Wildman–Crippen MR) is 91.6 cm³/mol. The third-order valence-corrected chi connectivity index (χ3v) is 5.05. The van der Waals surface area contributed by atoms with Gasteiger partial charge in [0.25, 0.3) is 0 Å². The molecule has 2 aromatic heterocycles. The van der Waals surface area contributed by atoms with Crippen molar-refractivity contribution < 1.29 is 4.79 Å². The van der Waals surface area contributed by atoms with Crippen molar-refractivity contribution in [2.24, 2.45) is 5.41 Å².